The SMILES string of the molecule is CCOC(=O)c1cnc(N2CCN(C(=O)Nc3ccc(Cl)cc3Cl)CC2)c(Cl)c1.CCOC(=O)c1cnc(N2CCN(C(=O)Nc3cccc([N+](=O)[O-])c3)CC2)c(Cl)c1. The number of amides is 4. The predicted molar refractivity (Wildman–Crippen MR) is 226 cm³/mol. The van der Waals surface area contributed by atoms with Crippen LogP contribution in [0.25, 0.3) is 0 Å². The van der Waals surface area contributed by atoms with Crippen molar-refractivity contribution in [1.29, 1.82) is 0 Å². The van der Waals surface area contributed by atoms with Crippen molar-refractivity contribution in [3.05, 3.63) is 108 Å². The third-order valence-electron chi connectivity index (χ3n) is 8.88. The number of rotatable bonds is 9. The molecule has 4 aromatic rings. The molecule has 0 aliphatic carbocycles. The van der Waals surface area contributed by atoms with Crippen LogP contribution in [0, 0.1) is 10.1 Å². The quantitative estimate of drug-likeness (QED) is 0.0945. The number of aromatic nitrogens is 2. The first-order valence-corrected chi connectivity index (χ1v) is 19.8. The Morgan fingerprint density at radius 3 is 1.61 bits per heavy atom. The number of carbonyl (C=O) groups excluding carboxylic acids is 4. The van der Waals surface area contributed by atoms with E-state index in [4.69, 9.17) is 55.9 Å². The number of esters is 2. The van der Waals surface area contributed by atoms with E-state index in [0.717, 1.165) is 0 Å². The summed E-state index contributed by atoms with van der Waals surface area (Å²) >= 11 is 24.6. The highest BCUT2D eigenvalue weighted by atomic mass is 35.5. The fourth-order valence-corrected chi connectivity index (χ4v) is 6.93. The molecular weight excluding hydrogens is 852 g/mol. The number of halogens is 4. The Labute approximate surface area is 359 Å². The van der Waals surface area contributed by atoms with Gasteiger partial charge in [0, 0.05) is 87.6 Å². The van der Waals surface area contributed by atoms with Gasteiger partial charge >= 0.3 is 24.0 Å². The number of non-ortho nitro benzene ring substituents is 1. The highest BCUT2D eigenvalue weighted by molar-refractivity contribution is 6.36. The van der Waals surface area contributed by atoms with E-state index < -0.39 is 16.9 Å². The third kappa shape index (κ3) is 12.0. The molecule has 4 amide bonds. The summed E-state index contributed by atoms with van der Waals surface area (Å²) in [6, 6.07) is 13.1. The number of hydrogen-bond donors (Lipinski definition) is 2. The standard InChI is InChI=1S/C19H19Cl3N4O3.C19H20ClN5O5/c1-2-29-18(27)12-9-15(22)17(23-11-12)25-5-7-26(8-6-25)19(28)24-16-4-3-13(20)10-14(16)21;1-2-30-18(26)13-10-16(20)17(21-12-13)23-6-8-24(9-7-23)19(27)22-14-4-3-5-15(11-14)25(28)29/h3-4,9-11H,2,5-8H2,1H3,(H,24,28);3-5,10-12H,2,6-9H2,1H3,(H,22,27). The lowest BCUT2D eigenvalue weighted by Gasteiger charge is -2.35. The Hall–Kier alpha value is -5.62. The number of nitrogens with one attached hydrogen (secondary N) is 2. The topological polar surface area (TPSA) is 193 Å². The average Bonchev–Trinajstić information content (AvgIpc) is 3.22. The lowest BCUT2D eigenvalue weighted by molar-refractivity contribution is -0.384. The van der Waals surface area contributed by atoms with Gasteiger partial charge in [-0.2, -0.15) is 0 Å². The largest absolute Gasteiger partial charge is 0.462 e. The van der Waals surface area contributed by atoms with Gasteiger partial charge in [-0.15, -0.1) is 0 Å². The van der Waals surface area contributed by atoms with Crippen molar-refractivity contribution in [3.63, 3.8) is 0 Å². The smallest absolute Gasteiger partial charge is 0.339 e. The summed E-state index contributed by atoms with van der Waals surface area (Å²) in [6.07, 6.45) is 2.86. The van der Waals surface area contributed by atoms with Crippen molar-refractivity contribution >= 4 is 99.1 Å². The van der Waals surface area contributed by atoms with Crippen LogP contribution in [-0.2, 0) is 9.47 Å². The van der Waals surface area contributed by atoms with Gasteiger partial charge < -0.3 is 39.7 Å². The molecule has 0 atom stereocenters. The van der Waals surface area contributed by atoms with E-state index in [1.165, 1.54) is 36.7 Å². The van der Waals surface area contributed by atoms with Crippen LogP contribution in [-0.4, -0.2) is 114 Å². The minimum Gasteiger partial charge on any atom is -0.462 e. The predicted octanol–water partition coefficient (Wildman–Crippen LogP) is 7.75. The molecule has 312 valence electrons. The maximum absolute atomic E-state index is 12.5. The molecule has 2 saturated heterocycles. The minimum atomic E-state index is -0.515. The summed E-state index contributed by atoms with van der Waals surface area (Å²) in [5, 5.41) is 17.9. The second kappa shape index (κ2) is 20.9. The Kier molecular flexibility index (Phi) is 15.7. The van der Waals surface area contributed by atoms with E-state index in [0.29, 0.717) is 101 Å². The Morgan fingerprint density at radius 1 is 0.678 bits per heavy atom. The van der Waals surface area contributed by atoms with Crippen molar-refractivity contribution in [2.75, 3.05) is 86.0 Å². The molecule has 2 aliphatic heterocycles. The average molecular weight is 892 g/mol. The highest BCUT2D eigenvalue weighted by Gasteiger charge is 2.26. The van der Waals surface area contributed by atoms with Crippen molar-refractivity contribution < 1.29 is 33.6 Å². The zero-order chi connectivity index (χ0) is 42.6. The molecule has 0 spiro atoms. The van der Waals surface area contributed by atoms with Crippen LogP contribution in [0.1, 0.15) is 34.6 Å². The number of piperazine rings is 2. The third-order valence-corrected chi connectivity index (χ3v) is 9.98. The molecule has 2 N–H and O–H groups in total. The van der Waals surface area contributed by atoms with E-state index in [-0.39, 0.29) is 36.5 Å². The molecule has 2 fully saturated rings. The number of nitro groups is 1. The van der Waals surface area contributed by atoms with Gasteiger partial charge in [0.1, 0.15) is 11.6 Å². The molecule has 0 saturated carbocycles. The van der Waals surface area contributed by atoms with E-state index in [1.807, 2.05) is 9.80 Å². The summed E-state index contributed by atoms with van der Waals surface area (Å²) in [4.78, 5) is 74.7. The van der Waals surface area contributed by atoms with Gasteiger partial charge in [0.25, 0.3) is 5.69 Å². The summed E-state index contributed by atoms with van der Waals surface area (Å²) in [6.45, 7) is 7.87. The molecule has 2 aromatic heterocycles. The van der Waals surface area contributed by atoms with Crippen LogP contribution in [0.3, 0.4) is 0 Å². The highest BCUT2D eigenvalue weighted by Crippen LogP contribution is 2.29. The maximum Gasteiger partial charge on any atom is 0.339 e. The van der Waals surface area contributed by atoms with Gasteiger partial charge in [-0.1, -0.05) is 52.5 Å². The number of carbonyl (C=O) groups is 4. The van der Waals surface area contributed by atoms with Crippen LogP contribution in [0.2, 0.25) is 20.1 Å². The van der Waals surface area contributed by atoms with E-state index in [2.05, 4.69) is 20.6 Å². The molecular formula is C38H39Cl4N9O8. The van der Waals surface area contributed by atoms with E-state index >= 15 is 0 Å². The number of pyridine rings is 2. The number of hydrogen-bond acceptors (Lipinski definition) is 12. The molecule has 59 heavy (non-hydrogen) atoms. The summed E-state index contributed by atoms with van der Waals surface area (Å²) in [7, 11) is 0. The first-order chi connectivity index (χ1) is 28.3. The number of nitro benzene ring substituents is 1. The van der Waals surface area contributed by atoms with Gasteiger partial charge in [-0.3, -0.25) is 10.1 Å². The zero-order valence-corrected chi connectivity index (χ0v) is 34.9. The molecule has 4 heterocycles. The zero-order valence-electron chi connectivity index (χ0n) is 31.8. The number of benzene rings is 2. The summed E-state index contributed by atoms with van der Waals surface area (Å²) in [5.41, 5.74) is 1.35. The van der Waals surface area contributed by atoms with Crippen molar-refractivity contribution in [2.45, 2.75) is 13.8 Å². The lowest BCUT2D eigenvalue weighted by Crippen LogP contribution is -2.50. The van der Waals surface area contributed by atoms with Crippen LogP contribution in [0.5, 0.6) is 0 Å². The summed E-state index contributed by atoms with van der Waals surface area (Å²) < 4.78 is 9.89. The van der Waals surface area contributed by atoms with Crippen LogP contribution in [0.15, 0.2) is 67.0 Å². The van der Waals surface area contributed by atoms with Gasteiger partial charge in [0.05, 0.1) is 50.0 Å². The molecule has 2 aliphatic rings. The fraction of sp³-hybridized carbons (Fsp3) is 0.316. The van der Waals surface area contributed by atoms with Crippen LogP contribution in [0.4, 0.5) is 38.3 Å². The second-order valence-electron chi connectivity index (χ2n) is 12.7. The second-order valence-corrected chi connectivity index (χ2v) is 14.4. The minimum absolute atomic E-state index is 0.0930. The van der Waals surface area contributed by atoms with Gasteiger partial charge in [-0.05, 0) is 50.2 Å². The molecule has 17 nitrogen and oxygen atoms in total. The number of nitrogens with zero attached hydrogens (tertiary/aromatic N) is 7. The normalized spacial score (nSPS) is 13.8. The van der Waals surface area contributed by atoms with E-state index in [9.17, 15) is 29.3 Å². The molecule has 21 heteroatoms. The van der Waals surface area contributed by atoms with Gasteiger partial charge in [-0.25, -0.2) is 29.1 Å². The van der Waals surface area contributed by atoms with E-state index in [1.54, 1.807) is 54.0 Å². The summed E-state index contributed by atoms with van der Waals surface area (Å²) in [5.74, 6) is 0.154. The van der Waals surface area contributed by atoms with Crippen LogP contribution < -0.4 is 20.4 Å². The Balaban J connectivity index is 0.000000224. The van der Waals surface area contributed by atoms with Gasteiger partial charge in [0.15, 0.2) is 0 Å². The van der Waals surface area contributed by atoms with Crippen molar-refractivity contribution in [3.8, 4) is 0 Å². The van der Waals surface area contributed by atoms with Crippen molar-refractivity contribution in [1.82, 2.24) is 19.8 Å². The first-order valence-electron chi connectivity index (χ1n) is 18.2. The number of urea groups is 2. The molecule has 6 rings (SSSR count). The van der Waals surface area contributed by atoms with Gasteiger partial charge in [0.2, 0.25) is 0 Å². The molecule has 0 unspecified atom stereocenters. The monoisotopic (exact) mass is 889 g/mol. The number of ether oxygens (including phenoxy) is 2. The lowest BCUT2D eigenvalue weighted by atomic mass is 10.2. The Morgan fingerprint density at radius 2 is 1.17 bits per heavy atom. The number of anilines is 4. The fourth-order valence-electron chi connectivity index (χ4n) is 5.91. The molecule has 2 aromatic carbocycles. The maximum atomic E-state index is 12.5. The van der Waals surface area contributed by atoms with Crippen molar-refractivity contribution in [2.24, 2.45) is 0 Å². The Bertz CT molecular complexity index is 2180. The molecule has 0 radical (unpaired) electrons. The van der Waals surface area contributed by atoms with Crippen LogP contribution >= 0.6 is 46.4 Å². The first kappa shape index (κ1) is 44.5. The molecule has 0 bridgehead atoms.